The van der Waals surface area contributed by atoms with Crippen molar-refractivity contribution < 1.29 is 24.2 Å². The molecule has 32 heavy (non-hydrogen) atoms. The van der Waals surface area contributed by atoms with Gasteiger partial charge in [-0.15, -0.1) is 0 Å². The zero-order valence-electron chi connectivity index (χ0n) is 19.3. The number of hydrogen-bond donors (Lipinski definition) is 1. The first kappa shape index (κ1) is 23.4. The molecule has 0 aromatic heterocycles. The monoisotopic (exact) mass is 437 g/mol. The largest absolute Gasteiger partial charge is 0.507 e. The van der Waals surface area contributed by atoms with E-state index in [1.807, 2.05) is 39.8 Å². The third kappa shape index (κ3) is 4.64. The lowest BCUT2D eigenvalue weighted by Crippen LogP contribution is -2.30. The van der Waals surface area contributed by atoms with E-state index in [0.717, 1.165) is 24.0 Å². The van der Waals surface area contributed by atoms with E-state index >= 15 is 0 Å². The zero-order valence-corrected chi connectivity index (χ0v) is 19.3. The highest BCUT2D eigenvalue weighted by Crippen LogP contribution is 2.40. The number of aliphatic hydroxyl groups excluding tert-OH is 1. The lowest BCUT2D eigenvalue weighted by Gasteiger charge is -2.25. The molecule has 1 N–H and O–H groups in total. The summed E-state index contributed by atoms with van der Waals surface area (Å²) in [6, 6.07) is 11.8. The molecule has 1 aliphatic rings. The summed E-state index contributed by atoms with van der Waals surface area (Å²) in [6.45, 7) is 8.23. The molecule has 0 saturated carbocycles. The predicted molar refractivity (Wildman–Crippen MR) is 124 cm³/mol. The maximum Gasteiger partial charge on any atom is 0.295 e. The van der Waals surface area contributed by atoms with Gasteiger partial charge < -0.3 is 19.5 Å². The van der Waals surface area contributed by atoms with Gasteiger partial charge in [-0.1, -0.05) is 25.5 Å². The number of carbonyl (C=O) groups excluding carboxylic acids is 2. The van der Waals surface area contributed by atoms with Crippen molar-refractivity contribution in [1.82, 2.24) is 4.90 Å². The molecule has 1 heterocycles. The number of ether oxygens (including phenoxy) is 2. The normalized spacial score (nSPS) is 17.8. The molecule has 0 bridgehead atoms. The number of likely N-dealkylation sites (tertiary alicyclic amines) is 1. The second-order valence-electron chi connectivity index (χ2n) is 8.27. The van der Waals surface area contributed by atoms with Gasteiger partial charge in [0.05, 0.1) is 24.8 Å². The molecule has 170 valence electrons. The molecule has 6 heteroatoms. The molecular weight excluding hydrogens is 406 g/mol. The Morgan fingerprint density at radius 2 is 1.91 bits per heavy atom. The fraction of sp³-hybridized carbons (Fsp3) is 0.385. The van der Waals surface area contributed by atoms with Crippen LogP contribution in [0.3, 0.4) is 0 Å². The summed E-state index contributed by atoms with van der Waals surface area (Å²) in [5, 5.41) is 11.2. The van der Waals surface area contributed by atoms with Crippen molar-refractivity contribution in [1.29, 1.82) is 0 Å². The number of hydrogen-bond acceptors (Lipinski definition) is 5. The Hall–Kier alpha value is -3.28. The average molecular weight is 438 g/mol. The maximum atomic E-state index is 13.1. The van der Waals surface area contributed by atoms with E-state index in [2.05, 4.69) is 0 Å². The summed E-state index contributed by atoms with van der Waals surface area (Å²) in [4.78, 5) is 27.5. The van der Waals surface area contributed by atoms with E-state index in [1.165, 1.54) is 0 Å². The number of ketones is 1. The van der Waals surface area contributed by atoms with Crippen LogP contribution in [0.4, 0.5) is 0 Å². The topological polar surface area (TPSA) is 76.1 Å². The van der Waals surface area contributed by atoms with Gasteiger partial charge in [-0.2, -0.15) is 0 Å². The van der Waals surface area contributed by atoms with Gasteiger partial charge in [-0.3, -0.25) is 9.59 Å². The van der Waals surface area contributed by atoms with Gasteiger partial charge in [-0.05, 0) is 68.7 Å². The van der Waals surface area contributed by atoms with E-state index in [4.69, 9.17) is 9.47 Å². The van der Waals surface area contributed by atoms with Crippen molar-refractivity contribution in [3.8, 4) is 11.5 Å². The number of unbranched alkanes of at least 4 members (excludes halogenated alkanes) is 1. The average Bonchev–Trinajstić information content (AvgIpc) is 3.03. The highest BCUT2D eigenvalue weighted by molar-refractivity contribution is 6.46. The number of aryl methyl sites for hydroxylation is 1. The minimum atomic E-state index is -0.677. The molecule has 1 aliphatic heterocycles. The zero-order chi connectivity index (χ0) is 23.4. The van der Waals surface area contributed by atoms with Crippen LogP contribution >= 0.6 is 0 Å². The quantitative estimate of drug-likeness (QED) is 0.357. The molecule has 1 amide bonds. The van der Waals surface area contributed by atoms with Crippen LogP contribution in [0, 0.1) is 6.92 Å². The Labute approximate surface area is 189 Å². The van der Waals surface area contributed by atoms with E-state index in [0.29, 0.717) is 23.6 Å². The van der Waals surface area contributed by atoms with Crippen LogP contribution in [0.1, 0.15) is 56.3 Å². The van der Waals surface area contributed by atoms with Crippen molar-refractivity contribution in [2.24, 2.45) is 0 Å². The Morgan fingerprint density at radius 1 is 1.16 bits per heavy atom. The molecule has 2 aromatic rings. The van der Waals surface area contributed by atoms with Crippen molar-refractivity contribution in [3.05, 3.63) is 64.7 Å². The smallest absolute Gasteiger partial charge is 0.295 e. The summed E-state index contributed by atoms with van der Waals surface area (Å²) in [6.07, 6.45) is 1.66. The minimum absolute atomic E-state index is 0.0186. The Bertz CT molecular complexity index is 1040. The summed E-state index contributed by atoms with van der Waals surface area (Å²) in [7, 11) is 1.57. The summed E-state index contributed by atoms with van der Waals surface area (Å²) in [5.41, 5.74) is 2.12. The van der Waals surface area contributed by atoms with Crippen LogP contribution in [-0.2, 0) is 9.59 Å². The molecule has 0 radical (unpaired) electrons. The number of Topliss-reactive ketones (excluding diaryl/α,β-unsaturated/α-hetero) is 1. The first-order valence-electron chi connectivity index (χ1n) is 11.0. The van der Waals surface area contributed by atoms with Crippen LogP contribution in [-0.4, -0.2) is 41.5 Å². The lowest BCUT2D eigenvalue weighted by molar-refractivity contribution is -0.139. The van der Waals surface area contributed by atoms with Crippen LogP contribution in [0.25, 0.3) is 5.76 Å². The minimum Gasteiger partial charge on any atom is -0.507 e. The van der Waals surface area contributed by atoms with Crippen LogP contribution < -0.4 is 9.47 Å². The van der Waals surface area contributed by atoms with E-state index in [1.54, 1.807) is 42.3 Å². The standard InChI is InChI=1S/C26H31NO5/c1-6-7-13-27-23(18-9-8-10-20(15-18)31-5)22(25(29)26(27)30)24(28)19-11-12-21(17(4)14-19)32-16(2)3/h8-12,14-16,23,28H,6-7,13H2,1-5H3/b24-22+. The summed E-state index contributed by atoms with van der Waals surface area (Å²) >= 11 is 0. The van der Waals surface area contributed by atoms with Crippen molar-refractivity contribution in [3.63, 3.8) is 0 Å². The third-order valence-electron chi connectivity index (χ3n) is 5.51. The molecule has 0 spiro atoms. The van der Waals surface area contributed by atoms with Gasteiger partial charge in [0.2, 0.25) is 0 Å². The van der Waals surface area contributed by atoms with Gasteiger partial charge in [-0.25, -0.2) is 0 Å². The summed E-state index contributed by atoms with van der Waals surface area (Å²) < 4.78 is 11.1. The predicted octanol–water partition coefficient (Wildman–Crippen LogP) is 5.01. The molecule has 3 rings (SSSR count). The number of rotatable bonds is 8. The molecule has 1 atom stereocenters. The Kier molecular flexibility index (Phi) is 7.23. The second kappa shape index (κ2) is 9.90. The van der Waals surface area contributed by atoms with E-state index in [-0.39, 0.29) is 17.4 Å². The number of carbonyl (C=O) groups is 2. The Morgan fingerprint density at radius 3 is 2.53 bits per heavy atom. The number of aliphatic hydroxyl groups is 1. The molecular formula is C26H31NO5. The molecule has 6 nitrogen and oxygen atoms in total. The molecule has 2 aromatic carbocycles. The maximum absolute atomic E-state index is 13.1. The highest BCUT2D eigenvalue weighted by Gasteiger charge is 2.45. The first-order chi connectivity index (χ1) is 15.3. The SMILES string of the molecule is CCCCN1C(=O)C(=O)/C(=C(/O)c2ccc(OC(C)C)c(C)c2)C1c1cccc(OC)c1. The molecule has 1 saturated heterocycles. The molecule has 0 aliphatic carbocycles. The first-order valence-corrected chi connectivity index (χ1v) is 11.0. The van der Waals surface area contributed by atoms with Gasteiger partial charge >= 0.3 is 0 Å². The number of nitrogens with zero attached hydrogens (tertiary/aromatic N) is 1. The fourth-order valence-electron chi connectivity index (χ4n) is 3.94. The number of methoxy groups -OCH3 is 1. The van der Waals surface area contributed by atoms with E-state index < -0.39 is 17.7 Å². The lowest BCUT2D eigenvalue weighted by atomic mass is 9.94. The van der Waals surface area contributed by atoms with Crippen LogP contribution in [0.2, 0.25) is 0 Å². The van der Waals surface area contributed by atoms with Crippen LogP contribution in [0.15, 0.2) is 48.0 Å². The van der Waals surface area contributed by atoms with Crippen molar-refractivity contribution in [2.45, 2.75) is 52.7 Å². The second-order valence-corrected chi connectivity index (χ2v) is 8.27. The number of benzene rings is 2. The third-order valence-corrected chi connectivity index (χ3v) is 5.51. The van der Waals surface area contributed by atoms with Gasteiger partial charge in [0.1, 0.15) is 17.3 Å². The van der Waals surface area contributed by atoms with Gasteiger partial charge in [0.15, 0.2) is 0 Å². The summed E-state index contributed by atoms with van der Waals surface area (Å²) in [5.74, 6) is -0.121. The van der Waals surface area contributed by atoms with E-state index in [9.17, 15) is 14.7 Å². The fourth-order valence-corrected chi connectivity index (χ4v) is 3.94. The van der Waals surface area contributed by atoms with Crippen LogP contribution in [0.5, 0.6) is 11.5 Å². The molecule has 1 unspecified atom stereocenters. The van der Waals surface area contributed by atoms with Gasteiger partial charge in [0.25, 0.3) is 11.7 Å². The van der Waals surface area contributed by atoms with Gasteiger partial charge in [0, 0.05) is 12.1 Å². The van der Waals surface area contributed by atoms with Crippen molar-refractivity contribution >= 4 is 17.4 Å². The Balaban J connectivity index is 2.13. The number of amides is 1. The van der Waals surface area contributed by atoms with Crippen molar-refractivity contribution in [2.75, 3.05) is 13.7 Å². The molecule has 1 fully saturated rings. The highest BCUT2D eigenvalue weighted by atomic mass is 16.5.